The Morgan fingerprint density at radius 3 is 2.56 bits per heavy atom. The maximum absolute atomic E-state index is 13.7. The molecule has 84 valence electrons. The molecule has 0 unspecified atom stereocenters. The Kier molecular flexibility index (Phi) is 3.28. The Hall–Kier alpha value is -1.89. The van der Waals surface area contributed by atoms with Gasteiger partial charge in [0.15, 0.2) is 5.69 Å². The fourth-order valence-corrected chi connectivity index (χ4v) is 1.52. The molecule has 16 heavy (non-hydrogen) atoms. The highest BCUT2D eigenvalue weighted by Crippen LogP contribution is 2.28. The van der Waals surface area contributed by atoms with Gasteiger partial charge in [-0.2, -0.15) is 0 Å². The van der Waals surface area contributed by atoms with Crippen LogP contribution >= 0.6 is 0 Å². The number of rotatable bonds is 2. The molecule has 0 bridgehead atoms. The van der Waals surface area contributed by atoms with Crippen LogP contribution in [0.3, 0.4) is 0 Å². The number of carbonyl (C=O) groups is 1. The lowest BCUT2D eigenvalue weighted by atomic mass is 9.83. The van der Waals surface area contributed by atoms with E-state index in [4.69, 9.17) is 6.57 Å². The Morgan fingerprint density at radius 1 is 1.50 bits per heavy atom. The van der Waals surface area contributed by atoms with E-state index in [1.165, 1.54) is 19.2 Å². The van der Waals surface area contributed by atoms with Gasteiger partial charge in [-0.15, -0.1) is 0 Å². The molecule has 0 aliphatic carbocycles. The number of carbonyl (C=O) groups excluding carboxylic acids is 1. The lowest BCUT2D eigenvalue weighted by molar-refractivity contribution is -0.125. The highest BCUT2D eigenvalue weighted by molar-refractivity contribution is 5.87. The molecule has 0 spiro atoms. The summed E-state index contributed by atoms with van der Waals surface area (Å²) >= 11 is 0. The van der Waals surface area contributed by atoms with Gasteiger partial charge in [0.25, 0.3) is 0 Å². The molecule has 0 radical (unpaired) electrons. The van der Waals surface area contributed by atoms with Gasteiger partial charge in [-0.05, 0) is 19.9 Å². The molecular formula is C12H13FN2O. The van der Waals surface area contributed by atoms with Crippen molar-refractivity contribution in [2.45, 2.75) is 19.3 Å². The van der Waals surface area contributed by atoms with Crippen LogP contribution in [0.25, 0.3) is 4.85 Å². The molecule has 1 rings (SSSR count). The molecule has 4 heteroatoms. The molecule has 0 fully saturated rings. The van der Waals surface area contributed by atoms with Crippen molar-refractivity contribution in [2.24, 2.45) is 0 Å². The fraction of sp³-hybridized carbons (Fsp3) is 0.333. The number of hydrogen-bond donors (Lipinski definition) is 1. The minimum absolute atomic E-state index is 0.231. The first-order valence-electron chi connectivity index (χ1n) is 4.83. The van der Waals surface area contributed by atoms with Crippen LogP contribution in [-0.2, 0) is 10.2 Å². The quantitative estimate of drug-likeness (QED) is 0.763. The van der Waals surface area contributed by atoms with Crippen LogP contribution in [0.2, 0.25) is 0 Å². The van der Waals surface area contributed by atoms with Crippen LogP contribution in [0.1, 0.15) is 19.4 Å². The molecule has 1 aromatic rings. The molecule has 1 N–H and O–H groups in total. The van der Waals surface area contributed by atoms with Crippen molar-refractivity contribution in [3.05, 3.63) is 41.0 Å². The zero-order valence-electron chi connectivity index (χ0n) is 9.47. The number of nitrogens with one attached hydrogen (secondary N) is 1. The third-order valence-electron chi connectivity index (χ3n) is 2.55. The average Bonchev–Trinajstić information content (AvgIpc) is 2.27. The molecule has 0 atom stereocenters. The second-order valence-electron chi connectivity index (χ2n) is 3.98. The Labute approximate surface area is 94.1 Å². The van der Waals surface area contributed by atoms with Crippen molar-refractivity contribution < 1.29 is 9.18 Å². The van der Waals surface area contributed by atoms with E-state index in [0.29, 0.717) is 5.56 Å². The number of likely N-dealkylation sites (N-methyl/N-ethyl adjacent to an activating group) is 1. The molecule has 0 aromatic heterocycles. The van der Waals surface area contributed by atoms with Crippen molar-refractivity contribution in [2.75, 3.05) is 7.05 Å². The molecule has 0 saturated carbocycles. The number of nitrogens with zero attached hydrogens (tertiary/aromatic N) is 1. The van der Waals surface area contributed by atoms with Gasteiger partial charge in [0.1, 0.15) is 5.82 Å². The first-order chi connectivity index (χ1) is 7.43. The lowest BCUT2D eigenvalue weighted by Crippen LogP contribution is -2.38. The molecule has 3 nitrogen and oxygen atoms in total. The van der Waals surface area contributed by atoms with E-state index in [9.17, 15) is 9.18 Å². The van der Waals surface area contributed by atoms with Gasteiger partial charge >= 0.3 is 0 Å². The molecule has 1 amide bonds. The normalized spacial score (nSPS) is 10.7. The summed E-state index contributed by atoms with van der Waals surface area (Å²) < 4.78 is 13.7. The topological polar surface area (TPSA) is 33.5 Å². The highest BCUT2D eigenvalue weighted by Gasteiger charge is 2.31. The smallest absolute Gasteiger partial charge is 0.229 e. The Morgan fingerprint density at radius 2 is 2.12 bits per heavy atom. The zero-order valence-corrected chi connectivity index (χ0v) is 9.47. The van der Waals surface area contributed by atoms with E-state index in [-0.39, 0.29) is 11.6 Å². The predicted octanol–water partition coefficient (Wildman–Crippen LogP) is 2.40. The minimum Gasteiger partial charge on any atom is -0.358 e. The number of benzene rings is 1. The highest BCUT2D eigenvalue weighted by atomic mass is 19.1. The summed E-state index contributed by atoms with van der Waals surface area (Å²) in [7, 11) is 1.51. The Bertz CT molecular complexity index is 461. The van der Waals surface area contributed by atoms with E-state index in [1.807, 2.05) is 0 Å². The van der Waals surface area contributed by atoms with Gasteiger partial charge in [-0.1, -0.05) is 12.1 Å². The van der Waals surface area contributed by atoms with Crippen LogP contribution < -0.4 is 5.32 Å². The molecule has 0 aliphatic heterocycles. The van der Waals surface area contributed by atoms with E-state index in [1.54, 1.807) is 13.8 Å². The summed E-state index contributed by atoms with van der Waals surface area (Å²) in [5.74, 6) is -0.788. The standard InChI is InChI=1S/C12H13FN2O/c1-12(2,11(16)15-4)9-6-5-8(14-3)7-10(9)13/h5-7H,1-2,4H3,(H,15,16). The van der Waals surface area contributed by atoms with Gasteiger partial charge in [0, 0.05) is 12.6 Å². The van der Waals surface area contributed by atoms with Crippen LogP contribution in [0.15, 0.2) is 18.2 Å². The van der Waals surface area contributed by atoms with Crippen molar-refractivity contribution in [1.82, 2.24) is 5.32 Å². The summed E-state index contributed by atoms with van der Waals surface area (Å²) in [5, 5.41) is 2.49. The zero-order chi connectivity index (χ0) is 12.3. The van der Waals surface area contributed by atoms with Crippen molar-refractivity contribution in [1.29, 1.82) is 0 Å². The largest absolute Gasteiger partial charge is 0.358 e. The summed E-state index contributed by atoms with van der Waals surface area (Å²) in [4.78, 5) is 14.7. The van der Waals surface area contributed by atoms with E-state index < -0.39 is 11.2 Å². The lowest BCUT2D eigenvalue weighted by Gasteiger charge is -2.23. The van der Waals surface area contributed by atoms with Crippen LogP contribution in [0.5, 0.6) is 0 Å². The van der Waals surface area contributed by atoms with Crippen molar-refractivity contribution in [3.8, 4) is 0 Å². The summed E-state index contributed by atoms with van der Waals surface area (Å²) in [5.41, 5.74) is -0.424. The molecule has 0 saturated heterocycles. The maximum Gasteiger partial charge on any atom is 0.229 e. The summed E-state index contributed by atoms with van der Waals surface area (Å²) in [6.07, 6.45) is 0. The fourth-order valence-electron chi connectivity index (χ4n) is 1.52. The second kappa shape index (κ2) is 4.31. The molecular weight excluding hydrogens is 207 g/mol. The third kappa shape index (κ3) is 2.03. The number of hydrogen-bond acceptors (Lipinski definition) is 1. The van der Waals surface area contributed by atoms with Crippen molar-refractivity contribution >= 4 is 11.6 Å². The van der Waals surface area contributed by atoms with E-state index >= 15 is 0 Å². The van der Waals surface area contributed by atoms with E-state index in [2.05, 4.69) is 10.2 Å². The van der Waals surface area contributed by atoms with Crippen molar-refractivity contribution in [3.63, 3.8) is 0 Å². The average molecular weight is 220 g/mol. The van der Waals surface area contributed by atoms with Crippen LogP contribution in [0, 0.1) is 12.4 Å². The molecule has 1 aromatic carbocycles. The number of halogens is 1. The third-order valence-corrected chi connectivity index (χ3v) is 2.55. The minimum atomic E-state index is -0.945. The van der Waals surface area contributed by atoms with Crippen LogP contribution in [-0.4, -0.2) is 13.0 Å². The SMILES string of the molecule is [C-]#[N+]c1ccc(C(C)(C)C(=O)NC)c(F)c1. The number of amides is 1. The molecule has 0 aliphatic rings. The summed E-state index contributed by atoms with van der Waals surface area (Å²) in [6.45, 7) is 10.0. The maximum atomic E-state index is 13.7. The van der Waals surface area contributed by atoms with Crippen LogP contribution in [0.4, 0.5) is 10.1 Å². The van der Waals surface area contributed by atoms with Gasteiger partial charge in [-0.3, -0.25) is 4.79 Å². The second-order valence-corrected chi connectivity index (χ2v) is 3.98. The van der Waals surface area contributed by atoms with Gasteiger partial charge in [0.2, 0.25) is 5.91 Å². The Balaban J connectivity index is 3.25. The van der Waals surface area contributed by atoms with Gasteiger partial charge in [0.05, 0.1) is 12.0 Å². The monoisotopic (exact) mass is 220 g/mol. The predicted molar refractivity (Wildman–Crippen MR) is 59.8 cm³/mol. The van der Waals surface area contributed by atoms with Gasteiger partial charge in [-0.25, -0.2) is 9.24 Å². The van der Waals surface area contributed by atoms with Gasteiger partial charge < -0.3 is 5.32 Å². The first-order valence-corrected chi connectivity index (χ1v) is 4.83. The molecule has 0 heterocycles. The summed E-state index contributed by atoms with van der Waals surface area (Å²) in [6, 6.07) is 4.14. The first kappa shape index (κ1) is 12.2. The van der Waals surface area contributed by atoms with E-state index in [0.717, 1.165) is 6.07 Å².